The van der Waals surface area contributed by atoms with E-state index in [1.807, 2.05) is 24.3 Å². The number of nitrogens with two attached hydrogens (primary N) is 1. The van der Waals surface area contributed by atoms with E-state index in [9.17, 15) is 4.79 Å². The van der Waals surface area contributed by atoms with Crippen molar-refractivity contribution >= 4 is 17.4 Å². The average molecular weight is 262 g/mol. The molecule has 1 aromatic rings. The Morgan fingerprint density at radius 3 is 2.53 bits per heavy atom. The Morgan fingerprint density at radius 1 is 1.32 bits per heavy atom. The molecule has 1 heterocycles. The maximum absolute atomic E-state index is 10.7. The molecule has 1 saturated heterocycles. The van der Waals surface area contributed by atoms with Crippen LogP contribution in [0.25, 0.3) is 0 Å². The number of benzene rings is 1. The minimum Gasteiger partial charge on any atom is -0.382 e. The van der Waals surface area contributed by atoms with Crippen molar-refractivity contribution in [2.75, 3.05) is 24.2 Å². The van der Waals surface area contributed by atoms with Crippen molar-refractivity contribution in [3.8, 4) is 0 Å². The van der Waals surface area contributed by atoms with E-state index in [-0.39, 0.29) is 0 Å². The van der Waals surface area contributed by atoms with E-state index >= 15 is 0 Å². The molecule has 0 radical (unpaired) electrons. The quantitative estimate of drug-likeness (QED) is 0.781. The molecule has 1 aliphatic rings. The van der Waals surface area contributed by atoms with Crippen molar-refractivity contribution in [1.82, 2.24) is 4.90 Å². The number of piperidine rings is 1. The van der Waals surface area contributed by atoms with Gasteiger partial charge >= 0.3 is 6.03 Å². The van der Waals surface area contributed by atoms with Gasteiger partial charge in [-0.25, -0.2) is 4.79 Å². The van der Waals surface area contributed by atoms with Crippen molar-refractivity contribution in [1.29, 1.82) is 0 Å². The fourth-order valence-electron chi connectivity index (χ4n) is 2.45. The third kappa shape index (κ3) is 3.86. The SMILES string of the molecule is CC1CC(Nc2ccc(NC(N)=O)cc2)CCN1C. The van der Waals surface area contributed by atoms with Crippen molar-refractivity contribution in [2.24, 2.45) is 5.73 Å². The molecule has 5 nitrogen and oxygen atoms in total. The third-order valence-electron chi connectivity index (χ3n) is 3.73. The first-order valence-corrected chi connectivity index (χ1v) is 6.68. The van der Waals surface area contributed by atoms with E-state index in [0.717, 1.165) is 30.8 Å². The Balaban J connectivity index is 1.91. The van der Waals surface area contributed by atoms with Crippen LogP contribution in [-0.4, -0.2) is 36.6 Å². The van der Waals surface area contributed by atoms with Gasteiger partial charge in [0.25, 0.3) is 0 Å². The van der Waals surface area contributed by atoms with Crippen LogP contribution in [0.5, 0.6) is 0 Å². The molecule has 1 aliphatic heterocycles. The Bertz CT molecular complexity index is 432. The van der Waals surface area contributed by atoms with Crippen LogP contribution in [0, 0.1) is 0 Å². The van der Waals surface area contributed by atoms with Crippen LogP contribution in [0.4, 0.5) is 16.2 Å². The summed E-state index contributed by atoms with van der Waals surface area (Å²) >= 11 is 0. The normalized spacial score (nSPS) is 23.9. The van der Waals surface area contributed by atoms with Crippen molar-refractivity contribution in [3.63, 3.8) is 0 Å². The third-order valence-corrected chi connectivity index (χ3v) is 3.73. The number of nitrogens with zero attached hydrogens (tertiary/aromatic N) is 1. The van der Waals surface area contributed by atoms with E-state index < -0.39 is 6.03 Å². The number of rotatable bonds is 3. The molecule has 0 bridgehead atoms. The maximum atomic E-state index is 10.7. The molecule has 19 heavy (non-hydrogen) atoms. The summed E-state index contributed by atoms with van der Waals surface area (Å²) in [7, 11) is 2.17. The molecule has 2 amide bonds. The molecule has 5 heteroatoms. The highest BCUT2D eigenvalue weighted by Crippen LogP contribution is 2.21. The summed E-state index contributed by atoms with van der Waals surface area (Å²) in [4.78, 5) is 13.1. The van der Waals surface area contributed by atoms with Gasteiger partial charge in [-0.05, 0) is 51.1 Å². The zero-order chi connectivity index (χ0) is 13.8. The number of likely N-dealkylation sites (tertiary alicyclic amines) is 1. The lowest BCUT2D eigenvalue weighted by atomic mass is 9.98. The fourth-order valence-corrected chi connectivity index (χ4v) is 2.45. The van der Waals surface area contributed by atoms with E-state index in [1.54, 1.807) is 0 Å². The molecule has 0 aliphatic carbocycles. The van der Waals surface area contributed by atoms with Gasteiger partial charge < -0.3 is 21.3 Å². The molecule has 2 atom stereocenters. The summed E-state index contributed by atoms with van der Waals surface area (Å²) in [5.41, 5.74) is 6.87. The van der Waals surface area contributed by atoms with Gasteiger partial charge in [0.2, 0.25) is 0 Å². The second-order valence-electron chi connectivity index (χ2n) is 5.26. The summed E-state index contributed by atoms with van der Waals surface area (Å²) in [6, 6.07) is 8.23. The first-order valence-electron chi connectivity index (χ1n) is 6.68. The lowest BCUT2D eigenvalue weighted by molar-refractivity contribution is 0.190. The highest BCUT2D eigenvalue weighted by molar-refractivity contribution is 5.87. The van der Waals surface area contributed by atoms with Crippen LogP contribution in [0.2, 0.25) is 0 Å². The summed E-state index contributed by atoms with van der Waals surface area (Å²) in [6.45, 7) is 3.38. The summed E-state index contributed by atoms with van der Waals surface area (Å²) in [6.07, 6.45) is 2.31. The second kappa shape index (κ2) is 5.93. The maximum Gasteiger partial charge on any atom is 0.316 e. The second-order valence-corrected chi connectivity index (χ2v) is 5.26. The number of anilines is 2. The van der Waals surface area contributed by atoms with E-state index in [2.05, 4.69) is 29.5 Å². The molecular weight excluding hydrogens is 240 g/mol. The molecule has 104 valence electrons. The van der Waals surface area contributed by atoms with Crippen LogP contribution in [0.15, 0.2) is 24.3 Å². The predicted molar refractivity (Wildman–Crippen MR) is 78.4 cm³/mol. The van der Waals surface area contributed by atoms with Crippen LogP contribution in [0.1, 0.15) is 19.8 Å². The Kier molecular flexibility index (Phi) is 4.27. The van der Waals surface area contributed by atoms with Crippen LogP contribution >= 0.6 is 0 Å². The Hall–Kier alpha value is -1.75. The number of amides is 2. The molecule has 0 saturated carbocycles. The lowest BCUT2D eigenvalue weighted by Crippen LogP contribution is -2.42. The van der Waals surface area contributed by atoms with Crippen molar-refractivity contribution in [3.05, 3.63) is 24.3 Å². The fraction of sp³-hybridized carbons (Fsp3) is 0.500. The van der Waals surface area contributed by atoms with Crippen LogP contribution < -0.4 is 16.4 Å². The Morgan fingerprint density at radius 2 is 1.95 bits per heavy atom. The monoisotopic (exact) mass is 262 g/mol. The number of hydrogen-bond acceptors (Lipinski definition) is 3. The molecule has 0 spiro atoms. The van der Waals surface area contributed by atoms with Gasteiger partial charge in [-0.15, -0.1) is 0 Å². The molecule has 0 aromatic heterocycles. The largest absolute Gasteiger partial charge is 0.382 e. The zero-order valence-corrected chi connectivity index (χ0v) is 11.5. The van der Waals surface area contributed by atoms with Crippen molar-refractivity contribution in [2.45, 2.75) is 31.8 Å². The van der Waals surface area contributed by atoms with Crippen molar-refractivity contribution < 1.29 is 4.79 Å². The van der Waals surface area contributed by atoms with Gasteiger partial charge in [0, 0.05) is 30.0 Å². The van der Waals surface area contributed by atoms with Crippen LogP contribution in [0.3, 0.4) is 0 Å². The Labute approximate surface area is 114 Å². The van der Waals surface area contributed by atoms with E-state index in [0.29, 0.717) is 12.1 Å². The first kappa shape index (κ1) is 13.7. The molecule has 2 rings (SSSR count). The standard InChI is InChI=1S/C14H22N4O/c1-10-9-13(7-8-18(10)2)16-11-3-5-12(6-4-11)17-14(15)19/h3-6,10,13,16H,7-9H2,1-2H3,(H3,15,17,19). The summed E-state index contributed by atoms with van der Waals surface area (Å²) in [5, 5.41) is 6.09. The van der Waals surface area contributed by atoms with Gasteiger partial charge in [0.05, 0.1) is 0 Å². The number of carbonyl (C=O) groups excluding carboxylic acids is 1. The average Bonchev–Trinajstić information content (AvgIpc) is 2.36. The van der Waals surface area contributed by atoms with Gasteiger partial charge in [-0.1, -0.05) is 0 Å². The predicted octanol–water partition coefficient (Wildman–Crippen LogP) is 2.07. The van der Waals surface area contributed by atoms with Gasteiger partial charge in [-0.3, -0.25) is 0 Å². The number of nitrogens with one attached hydrogen (secondary N) is 2. The lowest BCUT2D eigenvalue weighted by Gasteiger charge is -2.35. The van der Waals surface area contributed by atoms with Gasteiger partial charge in [-0.2, -0.15) is 0 Å². The van der Waals surface area contributed by atoms with Gasteiger partial charge in [0.15, 0.2) is 0 Å². The number of hydrogen-bond donors (Lipinski definition) is 3. The van der Waals surface area contributed by atoms with E-state index in [4.69, 9.17) is 5.73 Å². The molecule has 1 fully saturated rings. The summed E-state index contributed by atoms with van der Waals surface area (Å²) < 4.78 is 0. The summed E-state index contributed by atoms with van der Waals surface area (Å²) in [5.74, 6) is 0. The zero-order valence-electron chi connectivity index (χ0n) is 11.5. The molecular formula is C14H22N4O. The number of primary amides is 1. The molecule has 2 unspecified atom stereocenters. The minimum atomic E-state index is -0.537. The smallest absolute Gasteiger partial charge is 0.316 e. The van der Waals surface area contributed by atoms with E-state index in [1.165, 1.54) is 0 Å². The van der Waals surface area contributed by atoms with Crippen LogP contribution in [-0.2, 0) is 0 Å². The number of carbonyl (C=O) groups is 1. The minimum absolute atomic E-state index is 0.515. The molecule has 1 aromatic carbocycles. The highest BCUT2D eigenvalue weighted by atomic mass is 16.2. The topological polar surface area (TPSA) is 70.4 Å². The first-order chi connectivity index (χ1) is 9.04. The van der Waals surface area contributed by atoms with Gasteiger partial charge in [0.1, 0.15) is 0 Å². The number of urea groups is 1. The molecule has 4 N–H and O–H groups in total. The highest BCUT2D eigenvalue weighted by Gasteiger charge is 2.22.